The van der Waals surface area contributed by atoms with Crippen LogP contribution in [0, 0.1) is 0 Å². The summed E-state index contributed by atoms with van der Waals surface area (Å²) in [6.07, 6.45) is -3.59. The molecule has 0 aliphatic carbocycles. The average molecular weight is 395 g/mol. The van der Waals surface area contributed by atoms with Gasteiger partial charge in [0.1, 0.15) is 23.6 Å². The van der Waals surface area contributed by atoms with Crippen molar-refractivity contribution in [1.82, 2.24) is 14.9 Å². The van der Waals surface area contributed by atoms with Crippen LogP contribution in [0.5, 0.6) is 5.75 Å². The third-order valence-corrected chi connectivity index (χ3v) is 4.52. The topological polar surface area (TPSA) is 70.6 Å². The molecule has 0 saturated carbocycles. The third kappa shape index (κ3) is 4.69. The van der Waals surface area contributed by atoms with Crippen molar-refractivity contribution < 1.29 is 22.7 Å². The molecule has 1 aromatic heterocycles. The Kier molecular flexibility index (Phi) is 5.68. The number of hydrogen-bond acceptors (Lipinski definition) is 6. The van der Waals surface area contributed by atoms with Crippen molar-refractivity contribution in [2.24, 2.45) is 0 Å². The molecule has 1 aromatic carbocycles. The van der Waals surface area contributed by atoms with Gasteiger partial charge in [-0.05, 0) is 31.3 Å². The molecular formula is C18H20F3N5O2. The smallest absolute Gasteiger partial charge is 0.433 e. The Hall–Kier alpha value is -2.88. The third-order valence-electron chi connectivity index (χ3n) is 4.52. The zero-order valence-corrected chi connectivity index (χ0v) is 15.4. The highest BCUT2D eigenvalue weighted by Gasteiger charge is 2.36. The Labute approximate surface area is 160 Å². The van der Waals surface area contributed by atoms with Crippen molar-refractivity contribution in [1.29, 1.82) is 0 Å². The maximum absolute atomic E-state index is 12.8. The number of anilines is 2. The second-order valence-electron chi connectivity index (χ2n) is 6.51. The summed E-state index contributed by atoms with van der Waals surface area (Å²) in [5.74, 6) is 0.755. The fourth-order valence-electron chi connectivity index (χ4n) is 2.83. The van der Waals surface area contributed by atoms with E-state index in [-0.39, 0.29) is 24.3 Å². The summed E-state index contributed by atoms with van der Waals surface area (Å²) in [7, 11) is 3.37. The molecule has 1 aliphatic rings. The Balaban J connectivity index is 1.49. The molecular weight excluding hydrogens is 375 g/mol. The maximum atomic E-state index is 12.8. The van der Waals surface area contributed by atoms with Gasteiger partial charge >= 0.3 is 6.18 Å². The first kappa shape index (κ1) is 19.9. The van der Waals surface area contributed by atoms with Gasteiger partial charge in [-0.3, -0.25) is 9.69 Å². The molecule has 1 N–H and O–H groups in total. The van der Waals surface area contributed by atoms with Crippen molar-refractivity contribution in [3.63, 3.8) is 0 Å². The lowest BCUT2D eigenvalue weighted by atomic mass is 10.1. The largest absolute Gasteiger partial charge is 0.497 e. The van der Waals surface area contributed by atoms with Crippen LogP contribution in [0.1, 0.15) is 5.69 Å². The summed E-state index contributed by atoms with van der Waals surface area (Å²) in [6, 6.07) is 7.97. The summed E-state index contributed by atoms with van der Waals surface area (Å²) in [5, 5.41) is 2.80. The number of carbonyl (C=O) groups excluding carboxylic acids is 1. The van der Waals surface area contributed by atoms with E-state index < -0.39 is 11.9 Å². The van der Waals surface area contributed by atoms with Gasteiger partial charge in [-0.1, -0.05) is 0 Å². The van der Waals surface area contributed by atoms with Crippen LogP contribution < -0.4 is 15.0 Å². The van der Waals surface area contributed by atoms with E-state index in [2.05, 4.69) is 15.3 Å². The van der Waals surface area contributed by atoms with Crippen LogP contribution >= 0.6 is 0 Å². The number of carbonyl (C=O) groups is 1. The highest BCUT2D eigenvalue weighted by atomic mass is 19.4. The van der Waals surface area contributed by atoms with Crippen LogP contribution in [0.2, 0.25) is 0 Å². The van der Waals surface area contributed by atoms with Gasteiger partial charge in [-0.2, -0.15) is 13.2 Å². The van der Waals surface area contributed by atoms with E-state index in [4.69, 9.17) is 4.74 Å². The Morgan fingerprint density at radius 3 is 2.57 bits per heavy atom. The zero-order valence-electron chi connectivity index (χ0n) is 15.4. The lowest BCUT2D eigenvalue weighted by Crippen LogP contribution is -2.59. The van der Waals surface area contributed by atoms with Gasteiger partial charge in [-0.25, -0.2) is 9.97 Å². The Bertz CT molecular complexity index is 823. The molecule has 2 heterocycles. The summed E-state index contributed by atoms with van der Waals surface area (Å²) < 4.78 is 43.3. The number of methoxy groups -OCH3 is 1. The SMILES string of the molecule is COc1ccc(NC(=O)CN(C)C2CN(c3cc(C(F)(F)F)ncn3)C2)cc1. The minimum absolute atomic E-state index is 0.0471. The molecule has 2 aromatic rings. The molecule has 0 unspecified atom stereocenters. The molecule has 10 heteroatoms. The molecule has 150 valence electrons. The highest BCUT2D eigenvalue weighted by Crippen LogP contribution is 2.30. The molecule has 0 bridgehead atoms. The van der Waals surface area contributed by atoms with Gasteiger partial charge in [0, 0.05) is 30.9 Å². The first-order valence-corrected chi connectivity index (χ1v) is 8.54. The summed E-state index contributed by atoms with van der Waals surface area (Å²) in [4.78, 5) is 22.9. The van der Waals surface area contributed by atoms with E-state index in [0.29, 0.717) is 24.5 Å². The van der Waals surface area contributed by atoms with Crippen molar-refractivity contribution >= 4 is 17.4 Å². The second-order valence-corrected chi connectivity index (χ2v) is 6.51. The van der Waals surface area contributed by atoms with Gasteiger partial charge < -0.3 is 15.0 Å². The first-order chi connectivity index (χ1) is 13.3. The first-order valence-electron chi connectivity index (χ1n) is 8.54. The van der Waals surface area contributed by atoms with Crippen molar-refractivity contribution in [3.05, 3.63) is 42.4 Å². The number of halogens is 3. The molecule has 3 rings (SSSR count). The summed E-state index contributed by atoms with van der Waals surface area (Å²) in [5.41, 5.74) is -0.303. The van der Waals surface area contributed by atoms with Gasteiger partial charge in [0.15, 0.2) is 0 Å². The van der Waals surface area contributed by atoms with Crippen LogP contribution in [-0.4, -0.2) is 60.6 Å². The molecule has 0 spiro atoms. The fraction of sp³-hybridized carbons (Fsp3) is 0.389. The predicted molar refractivity (Wildman–Crippen MR) is 97.3 cm³/mol. The van der Waals surface area contributed by atoms with Crippen molar-refractivity contribution in [2.75, 3.05) is 44.0 Å². The van der Waals surface area contributed by atoms with E-state index in [0.717, 1.165) is 12.4 Å². The summed E-state index contributed by atoms with van der Waals surface area (Å²) >= 11 is 0. The van der Waals surface area contributed by atoms with Crippen LogP contribution in [0.25, 0.3) is 0 Å². The number of benzene rings is 1. The number of amides is 1. The molecule has 0 atom stereocenters. The van der Waals surface area contributed by atoms with Crippen LogP contribution in [0.3, 0.4) is 0 Å². The standard InChI is InChI=1S/C18H20F3N5O2/c1-25(10-17(27)24-12-3-5-14(28-2)6-4-12)13-8-26(9-13)16-7-15(18(19,20)21)22-11-23-16/h3-7,11,13H,8-10H2,1-2H3,(H,24,27). The Morgan fingerprint density at radius 1 is 1.29 bits per heavy atom. The molecule has 1 amide bonds. The number of ether oxygens (including phenoxy) is 1. The number of alkyl halides is 3. The van der Waals surface area contributed by atoms with Crippen molar-refractivity contribution in [3.8, 4) is 5.75 Å². The number of nitrogens with zero attached hydrogens (tertiary/aromatic N) is 4. The van der Waals surface area contributed by atoms with Crippen LogP contribution in [0.4, 0.5) is 24.7 Å². The molecule has 1 aliphatic heterocycles. The minimum Gasteiger partial charge on any atom is -0.497 e. The van der Waals surface area contributed by atoms with Gasteiger partial charge in [0.05, 0.1) is 13.7 Å². The van der Waals surface area contributed by atoms with Gasteiger partial charge in [0.2, 0.25) is 5.91 Å². The Morgan fingerprint density at radius 2 is 1.96 bits per heavy atom. The number of rotatable bonds is 6. The zero-order chi connectivity index (χ0) is 20.3. The highest BCUT2D eigenvalue weighted by molar-refractivity contribution is 5.92. The fourth-order valence-corrected chi connectivity index (χ4v) is 2.83. The lowest BCUT2D eigenvalue weighted by Gasteiger charge is -2.44. The molecule has 28 heavy (non-hydrogen) atoms. The number of likely N-dealkylation sites (N-methyl/N-ethyl adjacent to an activating group) is 1. The number of aromatic nitrogens is 2. The number of hydrogen-bond donors (Lipinski definition) is 1. The second kappa shape index (κ2) is 8.01. The van der Waals surface area contributed by atoms with E-state index in [1.807, 2.05) is 4.90 Å². The molecule has 0 radical (unpaired) electrons. The molecule has 1 saturated heterocycles. The monoisotopic (exact) mass is 395 g/mol. The van der Waals surface area contributed by atoms with E-state index in [1.54, 1.807) is 43.3 Å². The van der Waals surface area contributed by atoms with Crippen molar-refractivity contribution in [2.45, 2.75) is 12.2 Å². The van der Waals surface area contributed by atoms with E-state index in [9.17, 15) is 18.0 Å². The van der Waals surface area contributed by atoms with E-state index >= 15 is 0 Å². The van der Waals surface area contributed by atoms with Crippen LogP contribution in [-0.2, 0) is 11.0 Å². The molecule has 1 fully saturated rings. The average Bonchev–Trinajstić information content (AvgIpc) is 2.60. The van der Waals surface area contributed by atoms with Gasteiger partial charge in [-0.15, -0.1) is 0 Å². The maximum Gasteiger partial charge on any atom is 0.433 e. The molecule has 7 nitrogen and oxygen atoms in total. The number of nitrogens with one attached hydrogen (secondary N) is 1. The normalized spacial score (nSPS) is 14.7. The minimum atomic E-state index is -4.50. The van der Waals surface area contributed by atoms with Crippen LogP contribution in [0.15, 0.2) is 36.7 Å². The quantitative estimate of drug-likeness (QED) is 0.809. The summed E-state index contributed by atoms with van der Waals surface area (Å²) in [6.45, 7) is 1.14. The predicted octanol–water partition coefficient (Wildman–Crippen LogP) is 2.26. The lowest BCUT2D eigenvalue weighted by molar-refractivity contribution is -0.141. The van der Waals surface area contributed by atoms with E-state index in [1.165, 1.54) is 0 Å². The van der Waals surface area contributed by atoms with Gasteiger partial charge in [0.25, 0.3) is 0 Å².